The molecule has 2 aromatic carbocycles. The maximum Gasteiger partial charge on any atom is 0.232 e. The molecule has 0 N–H and O–H groups in total. The van der Waals surface area contributed by atoms with Crippen LogP contribution in [0.4, 0.5) is 11.4 Å². The molecule has 0 radical (unpaired) electrons. The Hall–Kier alpha value is -2.34. The fourth-order valence-corrected chi connectivity index (χ4v) is 3.59. The number of aryl methyl sites for hydroxylation is 2. The Balaban J connectivity index is 2.19. The lowest BCUT2D eigenvalue weighted by Crippen LogP contribution is -2.35. The Kier molecular flexibility index (Phi) is 5.85. The van der Waals surface area contributed by atoms with E-state index in [-0.39, 0.29) is 18.9 Å². The molecule has 6 heteroatoms. The number of amides is 1. The largest absolute Gasteiger partial charge is 0.315 e. The summed E-state index contributed by atoms with van der Waals surface area (Å²) in [4.78, 5) is 14.0. The van der Waals surface area contributed by atoms with Gasteiger partial charge in [0.1, 0.15) is 0 Å². The van der Waals surface area contributed by atoms with Gasteiger partial charge < -0.3 is 4.90 Å². The van der Waals surface area contributed by atoms with Gasteiger partial charge in [-0.05, 0) is 43.2 Å². The smallest absolute Gasteiger partial charge is 0.232 e. The van der Waals surface area contributed by atoms with Gasteiger partial charge in [0.15, 0.2) is 0 Å². The monoisotopic (exact) mass is 360 g/mol. The van der Waals surface area contributed by atoms with E-state index < -0.39 is 10.0 Å². The highest BCUT2D eigenvalue weighted by atomic mass is 32.2. The molecule has 0 atom stereocenters. The zero-order valence-corrected chi connectivity index (χ0v) is 15.9. The van der Waals surface area contributed by atoms with Crippen LogP contribution in [0.25, 0.3) is 0 Å². The molecular formula is C19H24N2O3S. The van der Waals surface area contributed by atoms with Crippen molar-refractivity contribution < 1.29 is 13.2 Å². The van der Waals surface area contributed by atoms with Gasteiger partial charge in [-0.3, -0.25) is 9.10 Å². The van der Waals surface area contributed by atoms with Crippen molar-refractivity contribution in [1.29, 1.82) is 0 Å². The van der Waals surface area contributed by atoms with E-state index in [0.29, 0.717) is 5.69 Å². The van der Waals surface area contributed by atoms with E-state index in [4.69, 9.17) is 0 Å². The van der Waals surface area contributed by atoms with Crippen LogP contribution in [0.3, 0.4) is 0 Å². The molecule has 134 valence electrons. The van der Waals surface area contributed by atoms with Crippen molar-refractivity contribution in [3.05, 3.63) is 59.7 Å². The maximum atomic E-state index is 12.5. The van der Waals surface area contributed by atoms with Crippen LogP contribution < -0.4 is 9.21 Å². The van der Waals surface area contributed by atoms with Crippen molar-refractivity contribution in [3.63, 3.8) is 0 Å². The normalized spacial score (nSPS) is 11.2. The summed E-state index contributed by atoms with van der Waals surface area (Å²) in [5, 5.41) is 0. The fraction of sp³-hybridized carbons (Fsp3) is 0.316. The number of hydrogen-bond donors (Lipinski definition) is 0. The highest BCUT2D eigenvalue weighted by Crippen LogP contribution is 2.24. The van der Waals surface area contributed by atoms with Gasteiger partial charge >= 0.3 is 0 Å². The molecule has 0 aromatic heterocycles. The number of carbonyl (C=O) groups is 1. The maximum absolute atomic E-state index is 12.5. The third kappa shape index (κ3) is 4.82. The minimum atomic E-state index is -3.48. The molecule has 25 heavy (non-hydrogen) atoms. The molecule has 0 saturated heterocycles. The van der Waals surface area contributed by atoms with Gasteiger partial charge in [0, 0.05) is 25.7 Å². The second-order valence-corrected chi connectivity index (χ2v) is 8.07. The summed E-state index contributed by atoms with van der Waals surface area (Å²) in [6.07, 6.45) is 1.27. The van der Waals surface area contributed by atoms with Crippen LogP contribution >= 0.6 is 0 Å². The lowest BCUT2D eigenvalue weighted by Gasteiger charge is -2.25. The van der Waals surface area contributed by atoms with E-state index in [2.05, 4.69) is 0 Å². The summed E-state index contributed by atoms with van der Waals surface area (Å²) in [6.45, 7) is 3.89. The predicted octanol–water partition coefficient (Wildman–Crippen LogP) is 3.12. The molecular weight excluding hydrogens is 336 g/mol. The molecule has 0 unspecified atom stereocenters. The standard InChI is InChI=1S/C19H24N2O3S/c1-15-10-11-16(2)18(14-15)21(25(4,23)24)13-12-19(22)20(3)17-8-6-5-7-9-17/h5-11,14H,12-13H2,1-4H3. The number of nitrogens with zero attached hydrogens (tertiary/aromatic N) is 2. The molecule has 2 rings (SSSR count). The van der Waals surface area contributed by atoms with Gasteiger partial charge in [-0.15, -0.1) is 0 Å². The van der Waals surface area contributed by atoms with Crippen LogP contribution in [-0.4, -0.2) is 34.2 Å². The van der Waals surface area contributed by atoms with Crippen LogP contribution in [0.5, 0.6) is 0 Å². The Morgan fingerprint density at radius 3 is 2.28 bits per heavy atom. The third-order valence-electron chi connectivity index (χ3n) is 4.08. The second kappa shape index (κ2) is 7.70. The van der Waals surface area contributed by atoms with Crippen molar-refractivity contribution in [2.45, 2.75) is 20.3 Å². The molecule has 0 heterocycles. The SMILES string of the molecule is Cc1ccc(C)c(N(CCC(=O)N(C)c2ccccc2)S(C)(=O)=O)c1. The molecule has 0 bridgehead atoms. The summed E-state index contributed by atoms with van der Waals surface area (Å²) in [7, 11) is -1.79. The zero-order chi connectivity index (χ0) is 18.6. The van der Waals surface area contributed by atoms with Gasteiger partial charge in [-0.1, -0.05) is 30.3 Å². The van der Waals surface area contributed by atoms with Crippen molar-refractivity contribution >= 4 is 27.3 Å². The Labute approximate surface area is 149 Å². The minimum absolute atomic E-state index is 0.103. The first-order valence-corrected chi connectivity index (χ1v) is 9.91. The topological polar surface area (TPSA) is 57.7 Å². The number of anilines is 2. The Morgan fingerprint density at radius 1 is 1.04 bits per heavy atom. The number of hydrogen-bond acceptors (Lipinski definition) is 3. The number of carbonyl (C=O) groups excluding carboxylic acids is 1. The number of sulfonamides is 1. The van der Waals surface area contributed by atoms with Crippen molar-refractivity contribution in [1.82, 2.24) is 0 Å². The van der Waals surface area contributed by atoms with E-state index in [1.807, 2.05) is 62.4 Å². The Bertz CT molecular complexity index is 848. The molecule has 0 spiro atoms. The molecule has 0 aliphatic carbocycles. The molecule has 0 aliphatic heterocycles. The lowest BCUT2D eigenvalue weighted by atomic mass is 10.1. The van der Waals surface area contributed by atoms with Gasteiger partial charge in [-0.2, -0.15) is 0 Å². The minimum Gasteiger partial charge on any atom is -0.315 e. The van der Waals surface area contributed by atoms with Crippen LogP contribution in [0.2, 0.25) is 0 Å². The molecule has 5 nitrogen and oxygen atoms in total. The summed E-state index contributed by atoms with van der Waals surface area (Å²) >= 11 is 0. The van der Waals surface area contributed by atoms with Gasteiger partial charge in [0.25, 0.3) is 0 Å². The highest BCUT2D eigenvalue weighted by molar-refractivity contribution is 7.92. The summed E-state index contributed by atoms with van der Waals surface area (Å²) < 4.78 is 25.8. The summed E-state index contributed by atoms with van der Waals surface area (Å²) in [6, 6.07) is 15.0. The van der Waals surface area contributed by atoms with Crippen molar-refractivity contribution in [2.75, 3.05) is 29.1 Å². The molecule has 2 aromatic rings. The Morgan fingerprint density at radius 2 is 1.68 bits per heavy atom. The van der Waals surface area contributed by atoms with E-state index in [0.717, 1.165) is 16.8 Å². The fourth-order valence-electron chi connectivity index (χ4n) is 2.61. The van der Waals surface area contributed by atoms with E-state index >= 15 is 0 Å². The molecule has 0 fully saturated rings. The van der Waals surface area contributed by atoms with E-state index in [1.165, 1.54) is 10.6 Å². The summed E-state index contributed by atoms with van der Waals surface area (Å²) in [5.41, 5.74) is 3.24. The van der Waals surface area contributed by atoms with Crippen molar-refractivity contribution in [3.8, 4) is 0 Å². The van der Waals surface area contributed by atoms with Crippen LogP contribution in [0, 0.1) is 13.8 Å². The predicted molar refractivity (Wildman–Crippen MR) is 103 cm³/mol. The average Bonchev–Trinajstić information content (AvgIpc) is 2.56. The number of benzene rings is 2. The van der Waals surface area contributed by atoms with E-state index in [9.17, 15) is 13.2 Å². The zero-order valence-electron chi connectivity index (χ0n) is 15.1. The van der Waals surface area contributed by atoms with Crippen molar-refractivity contribution in [2.24, 2.45) is 0 Å². The first-order chi connectivity index (χ1) is 11.7. The van der Waals surface area contributed by atoms with Crippen LogP contribution in [0.15, 0.2) is 48.5 Å². The number of rotatable bonds is 6. The number of para-hydroxylation sites is 1. The quantitative estimate of drug-likeness (QED) is 0.795. The lowest BCUT2D eigenvalue weighted by molar-refractivity contribution is -0.118. The average molecular weight is 360 g/mol. The summed E-state index contributed by atoms with van der Waals surface area (Å²) in [5.74, 6) is -0.134. The second-order valence-electron chi connectivity index (χ2n) is 6.16. The molecule has 0 saturated carbocycles. The third-order valence-corrected chi connectivity index (χ3v) is 5.26. The first kappa shape index (κ1) is 19.0. The van der Waals surface area contributed by atoms with Gasteiger partial charge in [0.2, 0.25) is 15.9 Å². The molecule has 1 amide bonds. The van der Waals surface area contributed by atoms with Gasteiger partial charge in [-0.25, -0.2) is 8.42 Å². The highest BCUT2D eigenvalue weighted by Gasteiger charge is 2.21. The van der Waals surface area contributed by atoms with Crippen LogP contribution in [-0.2, 0) is 14.8 Å². The first-order valence-electron chi connectivity index (χ1n) is 8.06. The van der Waals surface area contributed by atoms with Crippen LogP contribution in [0.1, 0.15) is 17.5 Å². The van der Waals surface area contributed by atoms with E-state index in [1.54, 1.807) is 11.9 Å². The van der Waals surface area contributed by atoms with Gasteiger partial charge in [0.05, 0.1) is 11.9 Å². The molecule has 0 aliphatic rings.